The molecule has 4 aromatic rings. The molecule has 0 aliphatic carbocycles. The van der Waals surface area contributed by atoms with E-state index in [0.717, 1.165) is 5.56 Å². The van der Waals surface area contributed by atoms with Crippen molar-refractivity contribution in [1.82, 2.24) is 19.1 Å². The third-order valence-corrected chi connectivity index (χ3v) is 5.95. The molecule has 9 nitrogen and oxygen atoms in total. The number of fused-ring (bicyclic) bond motifs is 1. The fraction of sp³-hybridized carbons (Fsp3) is 0.292. The Hall–Kier alpha value is -3.37. The molecule has 0 saturated carbocycles. The van der Waals surface area contributed by atoms with Crippen LogP contribution in [0, 0.1) is 0 Å². The number of halogens is 1. The number of nitrogens with zero attached hydrogens (tertiary/aromatic N) is 3. The summed E-state index contributed by atoms with van der Waals surface area (Å²) >= 11 is 3.55. The summed E-state index contributed by atoms with van der Waals surface area (Å²) in [6, 6.07) is 13.4. The lowest BCUT2D eigenvalue weighted by molar-refractivity contribution is 0.187. The van der Waals surface area contributed by atoms with E-state index >= 15 is 0 Å². The van der Waals surface area contributed by atoms with E-state index in [4.69, 9.17) is 19.2 Å². The van der Waals surface area contributed by atoms with Crippen molar-refractivity contribution in [3.8, 4) is 22.9 Å². The minimum atomic E-state index is -0.531. The summed E-state index contributed by atoms with van der Waals surface area (Å²) in [4.78, 5) is 32.8. The van der Waals surface area contributed by atoms with E-state index < -0.39 is 11.2 Å². The van der Waals surface area contributed by atoms with Crippen LogP contribution in [-0.2, 0) is 17.8 Å². The molecular formula is C24H25BrN4O5. The lowest BCUT2D eigenvalue weighted by Crippen LogP contribution is -2.32. The average molecular weight is 529 g/mol. The van der Waals surface area contributed by atoms with Crippen molar-refractivity contribution in [3.63, 3.8) is 0 Å². The maximum atomic E-state index is 13.0. The van der Waals surface area contributed by atoms with Crippen molar-refractivity contribution in [2.75, 3.05) is 27.4 Å². The number of nitrogens with one attached hydrogen (secondary N) is 1. The number of benzene rings is 2. The predicted octanol–water partition coefficient (Wildman–Crippen LogP) is 3.42. The van der Waals surface area contributed by atoms with Crippen LogP contribution in [-0.4, -0.2) is 46.5 Å². The summed E-state index contributed by atoms with van der Waals surface area (Å²) in [7, 11) is 3.12. The highest BCUT2D eigenvalue weighted by atomic mass is 79.9. The molecule has 178 valence electrons. The van der Waals surface area contributed by atoms with Gasteiger partial charge in [0.1, 0.15) is 5.82 Å². The van der Waals surface area contributed by atoms with Crippen molar-refractivity contribution < 1.29 is 14.2 Å². The Morgan fingerprint density at radius 2 is 1.85 bits per heavy atom. The maximum absolute atomic E-state index is 13.0. The summed E-state index contributed by atoms with van der Waals surface area (Å²) in [6.45, 7) is 3.26. The second kappa shape index (κ2) is 10.3. The topological polar surface area (TPSA) is 100 Å². The zero-order valence-electron chi connectivity index (χ0n) is 19.1. The number of rotatable bonds is 9. The van der Waals surface area contributed by atoms with Gasteiger partial charge in [0.15, 0.2) is 22.7 Å². The van der Waals surface area contributed by atoms with E-state index in [1.54, 1.807) is 14.2 Å². The fourth-order valence-corrected chi connectivity index (χ4v) is 4.46. The van der Waals surface area contributed by atoms with Gasteiger partial charge in [0.25, 0.3) is 5.56 Å². The minimum absolute atomic E-state index is 0.251. The zero-order valence-corrected chi connectivity index (χ0v) is 20.7. The van der Waals surface area contributed by atoms with Crippen LogP contribution >= 0.6 is 15.9 Å². The molecule has 0 bridgehead atoms. The molecule has 0 aliphatic rings. The normalized spacial score (nSPS) is 11.2. The quantitative estimate of drug-likeness (QED) is 0.357. The average Bonchev–Trinajstić information content (AvgIpc) is 3.19. The van der Waals surface area contributed by atoms with Gasteiger partial charge in [0.05, 0.1) is 31.3 Å². The van der Waals surface area contributed by atoms with Gasteiger partial charge in [0.2, 0.25) is 0 Å². The highest BCUT2D eigenvalue weighted by molar-refractivity contribution is 9.10. The van der Waals surface area contributed by atoms with Crippen molar-refractivity contribution in [2.24, 2.45) is 0 Å². The third-order valence-electron chi connectivity index (χ3n) is 5.36. The molecule has 1 N–H and O–H groups in total. The van der Waals surface area contributed by atoms with Crippen LogP contribution in [0.4, 0.5) is 0 Å². The Labute approximate surface area is 204 Å². The third kappa shape index (κ3) is 4.51. The molecule has 2 aromatic carbocycles. The van der Waals surface area contributed by atoms with Gasteiger partial charge in [-0.15, -0.1) is 0 Å². The summed E-state index contributed by atoms with van der Waals surface area (Å²) in [5.41, 5.74) is 1.25. The lowest BCUT2D eigenvalue weighted by Gasteiger charge is -2.14. The Balaban J connectivity index is 2.03. The smallest absolute Gasteiger partial charge is 0.330 e. The molecule has 34 heavy (non-hydrogen) atoms. The highest BCUT2D eigenvalue weighted by Crippen LogP contribution is 2.40. The molecule has 0 fully saturated rings. The van der Waals surface area contributed by atoms with Crippen molar-refractivity contribution >= 4 is 27.1 Å². The second-order valence-electron chi connectivity index (χ2n) is 7.51. The highest BCUT2D eigenvalue weighted by Gasteiger charge is 2.22. The molecule has 0 amide bonds. The van der Waals surface area contributed by atoms with Crippen LogP contribution < -0.4 is 20.7 Å². The molecule has 0 atom stereocenters. The van der Waals surface area contributed by atoms with Crippen LogP contribution in [0.1, 0.15) is 12.5 Å². The first-order chi connectivity index (χ1) is 16.5. The number of aromatic amines is 1. The molecule has 0 unspecified atom stereocenters. The van der Waals surface area contributed by atoms with Crippen LogP contribution in [0.25, 0.3) is 22.6 Å². The minimum Gasteiger partial charge on any atom is -0.492 e. The van der Waals surface area contributed by atoms with Crippen molar-refractivity contribution in [3.05, 3.63) is 73.3 Å². The van der Waals surface area contributed by atoms with Crippen LogP contribution in [0.5, 0.6) is 11.5 Å². The van der Waals surface area contributed by atoms with Crippen molar-refractivity contribution in [1.29, 1.82) is 0 Å². The SMILES string of the molecule is CCOc1cc(-c2nc3c(c(=O)[nH]c(=O)n3CCOC)n2Cc2ccccc2)cc(Br)c1OC. The zero-order chi connectivity index (χ0) is 24.2. The number of hydrogen-bond donors (Lipinski definition) is 1. The number of methoxy groups -OCH3 is 2. The second-order valence-corrected chi connectivity index (χ2v) is 8.36. The van der Waals surface area contributed by atoms with Gasteiger partial charge in [-0.3, -0.25) is 14.3 Å². The van der Waals surface area contributed by atoms with E-state index in [9.17, 15) is 9.59 Å². The number of H-pyrrole nitrogens is 1. The molecule has 2 aromatic heterocycles. The van der Waals surface area contributed by atoms with Gasteiger partial charge in [-0.05, 0) is 40.5 Å². The first kappa shape index (κ1) is 23.8. The number of aromatic nitrogens is 4. The molecule has 0 aliphatic heterocycles. The Kier molecular flexibility index (Phi) is 7.18. The van der Waals surface area contributed by atoms with Gasteiger partial charge in [0, 0.05) is 19.2 Å². The first-order valence-corrected chi connectivity index (χ1v) is 11.5. The summed E-state index contributed by atoms with van der Waals surface area (Å²) in [5.74, 6) is 1.62. The predicted molar refractivity (Wildman–Crippen MR) is 133 cm³/mol. The number of hydrogen-bond acceptors (Lipinski definition) is 6. The first-order valence-electron chi connectivity index (χ1n) is 10.7. The van der Waals surface area contributed by atoms with Crippen molar-refractivity contribution in [2.45, 2.75) is 20.0 Å². The van der Waals surface area contributed by atoms with Gasteiger partial charge < -0.3 is 18.8 Å². The van der Waals surface area contributed by atoms with Crippen LogP contribution in [0.3, 0.4) is 0 Å². The monoisotopic (exact) mass is 528 g/mol. The van der Waals surface area contributed by atoms with E-state index in [2.05, 4.69) is 20.9 Å². The molecule has 0 saturated heterocycles. The Morgan fingerprint density at radius 3 is 2.53 bits per heavy atom. The largest absolute Gasteiger partial charge is 0.492 e. The van der Waals surface area contributed by atoms with E-state index in [-0.39, 0.29) is 6.54 Å². The van der Waals surface area contributed by atoms with E-state index in [1.165, 1.54) is 4.57 Å². The Bertz CT molecular complexity index is 1430. The summed E-state index contributed by atoms with van der Waals surface area (Å²) in [5, 5.41) is 0. The molecule has 0 spiro atoms. The summed E-state index contributed by atoms with van der Waals surface area (Å²) < 4.78 is 20.4. The van der Waals surface area contributed by atoms with E-state index in [1.807, 2.05) is 54.0 Å². The van der Waals surface area contributed by atoms with Gasteiger partial charge in [-0.25, -0.2) is 9.78 Å². The Morgan fingerprint density at radius 1 is 1.09 bits per heavy atom. The van der Waals surface area contributed by atoms with Gasteiger partial charge in [-0.1, -0.05) is 30.3 Å². The number of imidazole rings is 1. The van der Waals surface area contributed by atoms with Gasteiger partial charge in [-0.2, -0.15) is 0 Å². The molecule has 4 rings (SSSR count). The molecule has 2 heterocycles. The molecular weight excluding hydrogens is 504 g/mol. The van der Waals surface area contributed by atoms with Crippen LogP contribution in [0.15, 0.2) is 56.5 Å². The molecule has 10 heteroatoms. The molecule has 0 radical (unpaired) electrons. The summed E-state index contributed by atoms with van der Waals surface area (Å²) in [6.07, 6.45) is 0. The van der Waals surface area contributed by atoms with Gasteiger partial charge >= 0.3 is 5.69 Å². The van der Waals surface area contributed by atoms with Crippen LogP contribution in [0.2, 0.25) is 0 Å². The fourth-order valence-electron chi connectivity index (χ4n) is 3.86. The lowest BCUT2D eigenvalue weighted by atomic mass is 10.1. The number of ether oxygens (including phenoxy) is 3. The van der Waals surface area contributed by atoms with E-state index in [0.29, 0.717) is 58.3 Å². The standard InChI is InChI=1S/C24H25BrN4O5/c1-4-34-18-13-16(12-17(25)20(18)33-3)21-26-22-19(29(21)14-15-8-6-5-7-9-15)23(30)27-24(31)28(22)10-11-32-2/h5-9,12-13H,4,10-11,14H2,1-3H3,(H,27,30,31). The maximum Gasteiger partial charge on any atom is 0.330 e.